The molecule has 4 heteroatoms. The fourth-order valence-corrected chi connectivity index (χ4v) is 3.71. The van der Waals surface area contributed by atoms with Crippen LogP contribution in [0.4, 0.5) is 4.39 Å². The summed E-state index contributed by atoms with van der Waals surface area (Å²) in [6, 6.07) is 8.32. The molecule has 1 aromatic heterocycles. The van der Waals surface area contributed by atoms with Crippen molar-refractivity contribution in [2.45, 2.75) is 12.3 Å². The summed E-state index contributed by atoms with van der Waals surface area (Å²) in [7, 11) is 0. The van der Waals surface area contributed by atoms with Gasteiger partial charge in [-0.25, -0.2) is 4.39 Å². The number of thiophene rings is 1. The number of rotatable bonds is 2. The van der Waals surface area contributed by atoms with Crippen molar-refractivity contribution >= 4 is 38.9 Å². The first kappa shape index (κ1) is 12.1. The molecule has 2 rings (SSSR count). The first-order chi connectivity index (χ1) is 7.58. The molecule has 1 aromatic carbocycles. The van der Waals surface area contributed by atoms with Crippen LogP contribution in [0.2, 0.25) is 0 Å². The summed E-state index contributed by atoms with van der Waals surface area (Å²) in [4.78, 5) is 1.18. The Labute approximate surface area is 111 Å². The van der Waals surface area contributed by atoms with E-state index in [1.807, 2.05) is 13.0 Å². The lowest BCUT2D eigenvalue weighted by Gasteiger charge is -2.09. The van der Waals surface area contributed by atoms with E-state index in [1.54, 1.807) is 23.5 Å². The van der Waals surface area contributed by atoms with Crippen LogP contribution in [0.1, 0.15) is 21.4 Å². The highest BCUT2D eigenvalue weighted by Crippen LogP contribution is 2.37. The van der Waals surface area contributed by atoms with Gasteiger partial charge in [0.15, 0.2) is 0 Å². The van der Waals surface area contributed by atoms with E-state index >= 15 is 0 Å². The molecule has 16 heavy (non-hydrogen) atoms. The standard InChI is InChI=1S/C12H9BrClFS/c1-7-10(6-11(13)16-7)12(14)8-2-4-9(15)5-3-8/h2-6,12H,1H3. The second-order valence-corrected chi connectivity index (χ2v) is 6.55. The molecule has 0 aliphatic carbocycles. The molecule has 0 saturated carbocycles. The molecular weight excluding hydrogens is 311 g/mol. The van der Waals surface area contributed by atoms with Crippen molar-refractivity contribution < 1.29 is 4.39 Å². The average Bonchev–Trinajstić information content (AvgIpc) is 2.58. The minimum atomic E-state index is -0.240. The van der Waals surface area contributed by atoms with Crippen LogP contribution in [0.15, 0.2) is 34.1 Å². The lowest BCUT2D eigenvalue weighted by molar-refractivity contribution is 0.627. The summed E-state index contributed by atoms with van der Waals surface area (Å²) in [5, 5.41) is -0.219. The van der Waals surface area contributed by atoms with Crippen molar-refractivity contribution in [2.75, 3.05) is 0 Å². The third kappa shape index (κ3) is 2.47. The maximum absolute atomic E-state index is 12.8. The molecule has 0 spiro atoms. The molecule has 0 saturated heterocycles. The van der Waals surface area contributed by atoms with Gasteiger partial charge in [0.05, 0.1) is 9.16 Å². The van der Waals surface area contributed by atoms with Crippen LogP contribution in [-0.2, 0) is 0 Å². The van der Waals surface area contributed by atoms with Crippen LogP contribution in [0.5, 0.6) is 0 Å². The van der Waals surface area contributed by atoms with Gasteiger partial charge in [0, 0.05) is 4.88 Å². The van der Waals surface area contributed by atoms with Gasteiger partial charge in [-0.2, -0.15) is 0 Å². The Hall–Kier alpha value is -0.380. The molecule has 0 aliphatic rings. The van der Waals surface area contributed by atoms with Crippen LogP contribution in [0.25, 0.3) is 0 Å². The Kier molecular flexibility index (Phi) is 3.67. The number of hydrogen-bond acceptors (Lipinski definition) is 1. The molecule has 0 N–H and O–H groups in total. The molecule has 0 radical (unpaired) electrons. The van der Waals surface area contributed by atoms with Gasteiger partial charge in [0.25, 0.3) is 0 Å². The van der Waals surface area contributed by atoms with E-state index in [9.17, 15) is 4.39 Å². The summed E-state index contributed by atoms with van der Waals surface area (Å²) in [6.45, 7) is 2.03. The van der Waals surface area contributed by atoms with Gasteiger partial charge in [-0.1, -0.05) is 12.1 Å². The monoisotopic (exact) mass is 318 g/mol. The minimum absolute atomic E-state index is 0.219. The summed E-state index contributed by atoms with van der Waals surface area (Å²) >= 11 is 11.5. The Balaban J connectivity index is 2.35. The van der Waals surface area contributed by atoms with E-state index in [1.165, 1.54) is 17.0 Å². The third-order valence-corrected chi connectivity index (χ3v) is 4.42. The van der Waals surface area contributed by atoms with Crippen LogP contribution < -0.4 is 0 Å². The van der Waals surface area contributed by atoms with E-state index in [2.05, 4.69) is 15.9 Å². The molecule has 2 aromatic rings. The van der Waals surface area contributed by atoms with Gasteiger partial charge >= 0.3 is 0 Å². The van der Waals surface area contributed by atoms with Crippen molar-refractivity contribution in [2.24, 2.45) is 0 Å². The Morgan fingerprint density at radius 3 is 2.44 bits per heavy atom. The summed E-state index contributed by atoms with van der Waals surface area (Å²) in [5.41, 5.74) is 1.99. The van der Waals surface area contributed by atoms with E-state index in [0.717, 1.165) is 14.9 Å². The predicted molar refractivity (Wildman–Crippen MR) is 70.9 cm³/mol. The summed E-state index contributed by atoms with van der Waals surface area (Å²) < 4.78 is 13.9. The Morgan fingerprint density at radius 1 is 1.31 bits per heavy atom. The SMILES string of the molecule is Cc1sc(Br)cc1C(Cl)c1ccc(F)cc1. The lowest BCUT2D eigenvalue weighted by atomic mass is 10.1. The van der Waals surface area contributed by atoms with E-state index in [4.69, 9.17) is 11.6 Å². The molecule has 0 aliphatic heterocycles. The summed E-state index contributed by atoms with van der Waals surface area (Å²) in [5.74, 6) is -0.240. The maximum atomic E-state index is 12.8. The third-order valence-electron chi connectivity index (χ3n) is 2.36. The minimum Gasteiger partial charge on any atom is -0.207 e. The van der Waals surface area contributed by atoms with Gasteiger partial charge in [-0.3, -0.25) is 0 Å². The quantitative estimate of drug-likeness (QED) is 0.660. The van der Waals surface area contributed by atoms with E-state index in [-0.39, 0.29) is 11.2 Å². The van der Waals surface area contributed by atoms with Gasteiger partial charge in [0.2, 0.25) is 0 Å². The van der Waals surface area contributed by atoms with Crippen molar-refractivity contribution in [3.63, 3.8) is 0 Å². The molecule has 0 amide bonds. The molecule has 0 fully saturated rings. The van der Waals surface area contributed by atoms with Gasteiger partial charge < -0.3 is 0 Å². The largest absolute Gasteiger partial charge is 0.207 e. The smallest absolute Gasteiger partial charge is 0.123 e. The molecule has 1 atom stereocenters. The highest BCUT2D eigenvalue weighted by Gasteiger charge is 2.15. The second kappa shape index (κ2) is 4.86. The number of aryl methyl sites for hydroxylation is 1. The van der Waals surface area contributed by atoms with Gasteiger partial charge in [-0.15, -0.1) is 22.9 Å². The first-order valence-corrected chi connectivity index (χ1v) is 6.78. The Morgan fingerprint density at radius 2 is 1.94 bits per heavy atom. The predicted octanol–water partition coefficient (Wildman–Crippen LogP) is 5.29. The molecule has 0 nitrogen and oxygen atoms in total. The van der Waals surface area contributed by atoms with Crippen molar-refractivity contribution in [3.05, 3.63) is 55.9 Å². The fraction of sp³-hybridized carbons (Fsp3) is 0.167. The average molecular weight is 320 g/mol. The fourth-order valence-electron chi connectivity index (χ4n) is 1.52. The van der Waals surface area contributed by atoms with E-state index < -0.39 is 0 Å². The van der Waals surface area contributed by atoms with Crippen LogP contribution in [0, 0.1) is 12.7 Å². The zero-order valence-corrected chi connectivity index (χ0v) is 11.7. The highest BCUT2D eigenvalue weighted by atomic mass is 79.9. The van der Waals surface area contributed by atoms with E-state index in [0.29, 0.717) is 0 Å². The molecule has 1 heterocycles. The van der Waals surface area contributed by atoms with Crippen LogP contribution in [-0.4, -0.2) is 0 Å². The number of alkyl halides is 1. The number of halogens is 3. The highest BCUT2D eigenvalue weighted by molar-refractivity contribution is 9.11. The first-order valence-electron chi connectivity index (χ1n) is 4.73. The number of hydrogen-bond donors (Lipinski definition) is 0. The van der Waals surface area contributed by atoms with Gasteiger partial charge in [-0.05, 0) is 52.2 Å². The van der Waals surface area contributed by atoms with Gasteiger partial charge in [0.1, 0.15) is 5.82 Å². The zero-order valence-electron chi connectivity index (χ0n) is 8.51. The van der Waals surface area contributed by atoms with Crippen molar-refractivity contribution in [1.82, 2.24) is 0 Å². The van der Waals surface area contributed by atoms with Crippen LogP contribution in [0.3, 0.4) is 0 Å². The maximum Gasteiger partial charge on any atom is 0.123 e. The second-order valence-electron chi connectivity index (χ2n) is 3.48. The topological polar surface area (TPSA) is 0 Å². The van der Waals surface area contributed by atoms with Crippen LogP contribution >= 0.6 is 38.9 Å². The molecule has 1 unspecified atom stereocenters. The Bertz CT molecular complexity index is 492. The normalized spacial score (nSPS) is 12.8. The van der Waals surface area contributed by atoms with Crippen molar-refractivity contribution in [1.29, 1.82) is 0 Å². The zero-order chi connectivity index (χ0) is 11.7. The molecule has 0 bridgehead atoms. The summed E-state index contributed by atoms with van der Waals surface area (Å²) in [6.07, 6.45) is 0. The molecule has 84 valence electrons. The van der Waals surface area contributed by atoms with Crippen molar-refractivity contribution in [3.8, 4) is 0 Å². The number of benzene rings is 1. The molecular formula is C12H9BrClFS. The lowest BCUT2D eigenvalue weighted by Crippen LogP contribution is -1.93.